The Morgan fingerprint density at radius 3 is 2.67 bits per heavy atom. The Hall–Kier alpha value is -0.620. The highest BCUT2D eigenvalue weighted by Gasteiger charge is 2.30. The second-order valence-corrected chi connectivity index (χ2v) is 5.24. The van der Waals surface area contributed by atoms with Crippen LogP contribution in [0.3, 0.4) is 0 Å². The van der Waals surface area contributed by atoms with Crippen LogP contribution >= 0.6 is 15.9 Å². The van der Waals surface area contributed by atoms with E-state index in [9.17, 15) is 5.11 Å². The highest BCUT2D eigenvalue weighted by Crippen LogP contribution is 2.17. The van der Waals surface area contributed by atoms with E-state index in [4.69, 9.17) is 14.2 Å². The van der Waals surface area contributed by atoms with Crippen molar-refractivity contribution in [2.24, 2.45) is 0 Å². The minimum atomic E-state index is -0.630. The van der Waals surface area contributed by atoms with Gasteiger partial charge in [0.25, 0.3) is 0 Å². The van der Waals surface area contributed by atoms with Crippen molar-refractivity contribution in [3.8, 4) is 5.75 Å². The molecule has 1 aromatic carbocycles. The molecule has 1 heterocycles. The lowest BCUT2D eigenvalue weighted by molar-refractivity contribution is -0.0265. The molecule has 0 bridgehead atoms. The molecular weight excluding hydrogens is 300 g/mol. The van der Waals surface area contributed by atoms with E-state index in [1.54, 1.807) is 0 Å². The first kappa shape index (κ1) is 13.8. The van der Waals surface area contributed by atoms with Gasteiger partial charge in [-0.05, 0) is 31.2 Å². The van der Waals surface area contributed by atoms with Gasteiger partial charge >= 0.3 is 0 Å². The summed E-state index contributed by atoms with van der Waals surface area (Å²) in [5.74, 6) is 0.732. The highest BCUT2D eigenvalue weighted by molar-refractivity contribution is 9.10. The normalized spacial score (nSPS) is 21.4. The Labute approximate surface area is 115 Å². The minimum absolute atomic E-state index is 0.0346. The van der Waals surface area contributed by atoms with Crippen molar-refractivity contribution in [1.82, 2.24) is 0 Å². The van der Waals surface area contributed by atoms with Crippen LogP contribution in [-0.4, -0.2) is 43.2 Å². The first-order valence-electron chi connectivity index (χ1n) is 5.95. The van der Waals surface area contributed by atoms with E-state index in [1.807, 2.05) is 31.2 Å². The molecule has 18 heavy (non-hydrogen) atoms. The van der Waals surface area contributed by atoms with E-state index in [-0.39, 0.29) is 25.4 Å². The molecule has 1 saturated heterocycles. The van der Waals surface area contributed by atoms with Gasteiger partial charge in [0, 0.05) is 4.47 Å². The van der Waals surface area contributed by atoms with Crippen molar-refractivity contribution in [1.29, 1.82) is 0 Å². The molecule has 0 saturated carbocycles. The van der Waals surface area contributed by atoms with Gasteiger partial charge in [0.2, 0.25) is 0 Å². The number of aliphatic hydroxyl groups is 1. The molecule has 2 rings (SSSR count). The number of hydrogen-bond acceptors (Lipinski definition) is 4. The Morgan fingerprint density at radius 2 is 2.06 bits per heavy atom. The summed E-state index contributed by atoms with van der Waals surface area (Å²) in [5, 5.41) is 9.72. The molecule has 3 unspecified atom stereocenters. The summed E-state index contributed by atoms with van der Waals surface area (Å²) in [5.41, 5.74) is 0. The van der Waals surface area contributed by atoms with E-state index >= 15 is 0 Å². The first-order valence-corrected chi connectivity index (χ1v) is 6.74. The number of hydrogen-bond donors (Lipinski definition) is 1. The zero-order valence-corrected chi connectivity index (χ0v) is 11.8. The van der Waals surface area contributed by atoms with Crippen LogP contribution in [0.25, 0.3) is 0 Å². The third-order valence-electron chi connectivity index (χ3n) is 2.69. The third kappa shape index (κ3) is 4.57. The predicted octanol–water partition coefficient (Wildman–Crippen LogP) is 1.99. The average molecular weight is 317 g/mol. The summed E-state index contributed by atoms with van der Waals surface area (Å²) in [6.07, 6.45) is -0.397. The smallest absolute Gasteiger partial charge is 0.119 e. The SMILES string of the molecule is CC(OCC(O)COc1ccc(Br)cc1)C1CO1. The van der Waals surface area contributed by atoms with E-state index in [2.05, 4.69) is 15.9 Å². The molecule has 3 atom stereocenters. The van der Waals surface area contributed by atoms with E-state index < -0.39 is 6.10 Å². The Morgan fingerprint density at radius 1 is 1.39 bits per heavy atom. The van der Waals surface area contributed by atoms with Crippen molar-refractivity contribution < 1.29 is 19.3 Å². The lowest BCUT2D eigenvalue weighted by Gasteiger charge is -2.15. The standard InChI is InChI=1S/C13H17BrO4/c1-9(13-8-18-13)16-6-11(15)7-17-12-4-2-10(14)3-5-12/h2-5,9,11,13,15H,6-8H2,1H3. The lowest BCUT2D eigenvalue weighted by atomic mass is 10.3. The fraction of sp³-hybridized carbons (Fsp3) is 0.538. The summed E-state index contributed by atoms with van der Waals surface area (Å²) in [6.45, 7) is 3.18. The maximum Gasteiger partial charge on any atom is 0.119 e. The molecule has 1 aliphatic heterocycles. The van der Waals surface area contributed by atoms with Crippen LogP contribution in [0.5, 0.6) is 5.75 Å². The van der Waals surface area contributed by atoms with Crippen LogP contribution in [0.2, 0.25) is 0 Å². The van der Waals surface area contributed by atoms with Gasteiger partial charge in [-0.15, -0.1) is 0 Å². The van der Waals surface area contributed by atoms with Gasteiger partial charge in [-0.2, -0.15) is 0 Å². The van der Waals surface area contributed by atoms with E-state index in [0.717, 1.165) is 16.8 Å². The topological polar surface area (TPSA) is 51.2 Å². The quantitative estimate of drug-likeness (QED) is 0.782. The molecule has 1 N–H and O–H groups in total. The maximum atomic E-state index is 9.72. The summed E-state index contributed by atoms with van der Waals surface area (Å²) in [6, 6.07) is 7.48. The van der Waals surface area contributed by atoms with Crippen LogP contribution in [-0.2, 0) is 9.47 Å². The molecule has 0 radical (unpaired) electrons. The van der Waals surface area contributed by atoms with Crippen molar-refractivity contribution in [2.75, 3.05) is 19.8 Å². The molecule has 0 aromatic heterocycles. The third-order valence-corrected chi connectivity index (χ3v) is 3.22. The molecule has 0 aliphatic carbocycles. The van der Waals surface area contributed by atoms with Gasteiger partial charge in [-0.1, -0.05) is 15.9 Å². The molecule has 0 spiro atoms. The number of aliphatic hydroxyl groups excluding tert-OH is 1. The molecule has 100 valence electrons. The summed E-state index contributed by atoms with van der Waals surface area (Å²) in [4.78, 5) is 0. The molecular formula is C13H17BrO4. The van der Waals surface area contributed by atoms with Crippen LogP contribution in [0, 0.1) is 0 Å². The van der Waals surface area contributed by atoms with Crippen molar-refractivity contribution in [3.05, 3.63) is 28.7 Å². The number of halogens is 1. The number of epoxide rings is 1. The zero-order chi connectivity index (χ0) is 13.0. The fourth-order valence-electron chi connectivity index (χ4n) is 1.47. The molecule has 1 aliphatic rings. The monoisotopic (exact) mass is 316 g/mol. The number of benzene rings is 1. The maximum absolute atomic E-state index is 9.72. The van der Waals surface area contributed by atoms with Crippen molar-refractivity contribution in [3.63, 3.8) is 0 Å². The summed E-state index contributed by atoms with van der Waals surface area (Å²) >= 11 is 3.35. The lowest BCUT2D eigenvalue weighted by Crippen LogP contribution is -2.27. The van der Waals surface area contributed by atoms with Gasteiger partial charge in [0.1, 0.15) is 24.6 Å². The predicted molar refractivity (Wildman–Crippen MR) is 70.8 cm³/mol. The highest BCUT2D eigenvalue weighted by atomic mass is 79.9. The first-order chi connectivity index (χ1) is 8.65. The Bertz CT molecular complexity index is 364. The van der Waals surface area contributed by atoms with Crippen LogP contribution in [0.1, 0.15) is 6.92 Å². The second-order valence-electron chi connectivity index (χ2n) is 4.33. The van der Waals surface area contributed by atoms with E-state index in [1.165, 1.54) is 0 Å². The largest absolute Gasteiger partial charge is 0.491 e. The van der Waals surface area contributed by atoms with Gasteiger partial charge in [-0.25, -0.2) is 0 Å². The molecule has 1 fully saturated rings. The Balaban J connectivity index is 1.64. The number of ether oxygens (including phenoxy) is 3. The van der Waals surface area contributed by atoms with E-state index in [0.29, 0.717) is 0 Å². The molecule has 5 heteroatoms. The van der Waals surface area contributed by atoms with Crippen molar-refractivity contribution >= 4 is 15.9 Å². The fourth-order valence-corrected chi connectivity index (χ4v) is 1.73. The Kier molecular flexibility index (Phi) is 5.00. The molecule has 1 aromatic rings. The zero-order valence-electron chi connectivity index (χ0n) is 10.2. The van der Waals surface area contributed by atoms with Gasteiger partial charge < -0.3 is 19.3 Å². The van der Waals surface area contributed by atoms with Crippen molar-refractivity contribution in [2.45, 2.75) is 25.2 Å². The van der Waals surface area contributed by atoms with Gasteiger partial charge in [0.15, 0.2) is 0 Å². The summed E-state index contributed by atoms with van der Waals surface area (Å²) in [7, 11) is 0. The molecule has 0 amide bonds. The molecule has 4 nitrogen and oxygen atoms in total. The van der Waals surface area contributed by atoms with Gasteiger partial charge in [0.05, 0.1) is 19.3 Å². The van der Waals surface area contributed by atoms with Crippen LogP contribution < -0.4 is 4.74 Å². The second kappa shape index (κ2) is 6.52. The van der Waals surface area contributed by atoms with Crippen LogP contribution in [0.4, 0.5) is 0 Å². The average Bonchev–Trinajstić information content (AvgIpc) is 3.19. The van der Waals surface area contributed by atoms with Crippen LogP contribution in [0.15, 0.2) is 28.7 Å². The van der Waals surface area contributed by atoms with Gasteiger partial charge in [-0.3, -0.25) is 0 Å². The summed E-state index contributed by atoms with van der Waals surface area (Å²) < 4.78 is 17.0. The number of rotatable bonds is 7. The minimum Gasteiger partial charge on any atom is -0.491 e.